The van der Waals surface area contributed by atoms with Crippen LogP contribution < -0.4 is 20.7 Å². The van der Waals surface area contributed by atoms with Gasteiger partial charge in [0.25, 0.3) is 0 Å². The van der Waals surface area contributed by atoms with Crippen molar-refractivity contribution in [1.29, 1.82) is 0 Å². The van der Waals surface area contributed by atoms with Gasteiger partial charge in [-0.15, -0.1) is 0 Å². The number of rotatable bonds is 4. The monoisotopic (exact) mass is 592 g/mol. The van der Waals surface area contributed by atoms with Crippen molar-refractivity contribution in [2.75, 3.05) is 26.7 Å². The van der Waals surface area contributed by atoms with Crippen LogP contribution in [0.5, 0.6) is 5.75 Å². The van der Waals surface area contributed by atoms with Crippen molar-refractivity contribution in [3.63, 3.8) is 0 Å². The summed E-state index contributed by atoms with van der Waals surface area (Å²) in [6, 6.07) is 13.2. The number of nitrogens with zero attached hydrogens (tertiary/aromatic N) is 1. The highest BCUT2D eigenvalue weighted by Crippen LogP contribution is 2.28. The van der Waals surface area contributed by atoms with Gasteiger partial charge >= 0.3 is 0 Å². The van der Waals surface area contributed by atoms with Gasteiger partial charge in [-0.2, -0.15) is 0 Å². The molecule has 9 heteroatoms. The summed E-state index contributed by atoms with van der Waals surface area (Å²) in [5.41, 5.74) is 3.06. The highest BCUT2D eigenvalue weighted by molar-refractivity contribution is 5.93. The van der Waals surface area contributed by atoms with E-state index < -0.39 is 30.1 Å². The number of aliphatic hydroxyl groups is 1. The number of aryl methyl sites for hydroxylation is 2. The average molecular weight is 593 g/mol. The average Bonchev–Trinajstić information content (AvgIpc) is 3.00. The first-order valence-corrected chi connectivity index (χ1v) is 15.8. The SMILES string of the molecule is Cc1ccc(C[C@H]2NC(=O)[C@H](C(C)O)N(C)C(=O)[C@H](C3CCCCC3)NCCOc3ccccc3CCCNC2=O)cc1. The summed E-state index contributed by atoms with van der Waals surface area (Å²) in [4.78, 5) is 42.6. The van der Waals surface area contributed by atoms with Crippen LogP contribution >= 0.6 is 0 Å². The number of ether oxygens (including phenoxy) is 1. The Bertz CT molecular complexity index is 1210. The van der Waals surface area contributed by atoms with Gasteiger partial charge in [0, 0.05) is 26.6 Å². The van der Waals surface area contributed by atoms with Crippen LogP contribution in [0, 0.1) is 12.8 Å². The molecule has 234 valence electrons. The fraction of sp³-hybridized carbons (Fsp3) is 0.559. The van der Waals surface area contributed by atoms with E-state index in [0.717, 1.165) is 61.0 Å². The molecule has 0 aromatic heterocycles. The molecule has 43 heavy (non-hydrogen) atoms. The minimum atomic E-state index is -1.16. The molecule has 4 rings (SSSR count). The maximum atomic E-state index is 14.0. The molecule has 3 amide bonds. The van der Waals surface area contributed by atoms with Crippen molar-refractivity contribution >= 4 is 17.7 Å². The summed E-state index contributed by atoms with van der Waals surface area (Å²) in [7, 11) is 1.57. The van der Waals surface area contributed by atoms with Crippen LogP contribution in [-0.2, 0) is 27.2 Å². The quantitative estimate of drug-likeness (QED) is 0.434. The van der Waals surface area contributed by atoms with E-state index in [1.165, 1.54) is 11.8 Å². The van der Waals surface area contributed by atoms with E-state index in [0.29, 0.717) is 26.1 Å². The van der Waals surface area contributed by atoms with E-state index in [4.69, 9.17) is 4.74 Å². The van der Waals surface area contributed by atoms with E-state index in [9.17, 15) is 19.5 Å². The zero-order chi connectivity index (χ0) is 30.8. The molecule has 1 aliphatic carbocycles. The van der Waals surface area contributed by atoms with Crippen LogP contribution in [0.1, 0.15) is 62.1 Å². The Kier molecular flexibility index (Phi) is 12.0. The molecule has 4 N–H and O–H groups in total. The van der Waals surface area contributed by atoms with Crippen molar-refractivity contribution in [2.45, 2.75) is 89.4 Å². The maximum absolute atomic E-state index is 14.0. The lowest BCUT2D eigenvalue weighted by Gasteiger charge is -2.37. The Hall–Kier alpha value is -3.43. The van der Waals surface area contributed by atoms with Crippen LogP contribution in [0.2, 0.25) is 0 Å². The third kappa shape index (κ3) is 9.03. The molecule has 0 bridgehead atoms. The minimum Gasteiger partial charge on any atom is -0.492 e. The first kappa shape index (κ1) is 32.5. The standard InChI is InChI=1S/C34H48N4O5/c1-23-15-17-25(18-16-23)22-28-32(40)36-19-9-13-26-10-7-8-14-29(26)43-21-20-35-30(27-11-5-4-6-12-27)34(42)38(3)31(24(2)39)33(41)37-28/h7-8,10,14-18,24,27-28,30-31,35,39H,4-6,9,11-13,19-22H2,1-3H3,(H,36,40)(H,37,41)/t24?,28-,30+,31+/m1/s1. The number of aliphatic hydroxyl groups excluding tert-OH is 1. The molecule has 1 fully saturated rings. The topological polar surface area (TPSA) is 120 Å². The third-order valence-corrected chi connectivity index (χ3v) is 8.69. The molecule has 1 aliphatic heterocycles. The van der Waals surface area contributed by atoms with Crippen LogP contribution in [-0.4, -0.2) is 78.7 Å². The van der Waals surface area contributed by atoms with Gasteiger partial charge in [0.15, 0.2) is 0 Å². The van der Waals surface area contributed by atoms with Gasteiger partial charge in [-0.05, 0) is 62.6 Å². The van der Waals surface area contributed by atoms with Crippen molar-refractivity contribution in [3.8, 4) is 5.75 Å². The number of benzene rings is 2. The Labute approximate surface area is 255 Å². The summed E-state index contributed by atoms with van der Waals surface area (Å²) in [5.74, 6) is -0.181. The molecule has 9 nitrogen and oxygen atoms in total. The first-order valence-electron chi connectivity index (χ1n) is 15.8. The van der Waals surface area contributed by atoms with Crippen molar-refractivity contribution in [1.82, 2.24) is 20.9 Å². The fourth-order valence-corrected chi connectivity index (χ4v) is 6.26. The number of likely N-dealkylation sites (N-methyl/N-ethyl adjacent to an activating group) is 1. The fourth-order valence-electron chi connectivity index (χ4n) is 6.26. The van der Waals surface area contributed by atoms with Gasteiger partial charge in [-0.1, -0.05) is 67.3 Å². The molecule has 2 aliphatic rings. The van der Waals surface area contributed by atoms with Crippen LogP contribution in [0.3, 0.4) is 0 Å². The van der Waals surface area contributed by atoms with Crippen molar-refractivity contribution in [2.24, 2.45) is 5.92 Å². The van der Waals surface area contributed by atoms with E-state index >= 15 is 0 Å². The van der Waals surface area contributed by atoms with E-state index in [-0.39, 0.29) is 24.2 Å². The number of nitrogens with one attached hydrogen (secondary N) is 3. The number of hydrogen-bond acceptors (Lipinski definition) is 6. The second-order valence-electron chi connectivity index (χ2n) is 12.1. The molecule has 0 radical (unpaired) electrons. The summed E-state index contributed by atoms with van der Waals surface area (Å²) >= 11 is 0. The van der Waals surface area contributed by atoms with Crippen LogP contribution in [0.15, 0.2) is 48.5 Å². The molecule has 0 spiro atoms. The molecular weight excluding hydrogens is 544 g/mol. The Morgan fingerprint density at radius 1 is 0.953 bits per heavy atom. The predicted molar refractivity (Wildman–Crippen MR) is 167 cm³/mol. The smallest absolute Gasteiger partial charge is 0.246 e. The Morgan fingerprint density at radius 2 is 1.67 bits per heavy atom. The van der Waals surface area contributed by atoms with Gasteiger partial charge in [-0.3, -0.25) is 14.4 Å². The van der Waals surface area contributed by atoms with Gasteiger partial charge < -0.3 is 30.7 Å². The summed E-state index contributed by atoms with van der Waals surface area (Å²) < 4.78 is 6.14. The zero-order valence-electron chi connectivity index (χ0n) is 25.8. The molecule has 2 aromatic rings. The largest absolute Gasteiger partial charge is 0.492 e. The molecule has 1 heterocycles. The number of fused-ring (bicyclic) bond motifs is 1. The Balaban J connectivity index is 1.62. The second kappa shape index (κ2) is 15.9. The molecule has 4 atom stereocenters. The number of para-hydroxylation sites is 1. The van der Waals surface area contributed by atoms with Crippen molar-refractivity contribution in [3.05, 3.63) is 65.2 Å². The number of hydrogen-bond donors (Lipinski definition) is 4. The lowest BCUT2D eigenvalue weighted by molar-refractivity contribution is -0.146. The third-order valence-electron chi connectivity index (χ3n) is 8.69. The highest BCUT2D eigenvalue weighted by atomic mass is 16.5. The summed E-state index contributed by atoms with van der Waals surface area (Å²) in [6.07, 6.45) is 5.66. The predicted octanol–water partition coefficient (Wildman–Crippen LogP) is 2.91. The molecule has 1 saturated carbocycles. The normalized spacial score (nSPS) is 24.5. The second-order valence-corrected chi connectivity index (χ2v) is 12.1. The summed E-state index contributed by atoms with van der Waals surface area (Å²) in [5, 5.41) is 20.1. The molecule has 1 unspecified atom stereocenters. The van der Waals surface area contributed by atoms with Gasteiger partial charge in [0.05, 0.1) is 12.1 Å². The van der Waals surface area contributed by atoms with Gasteiger partial charge in [0.1, 0.15) is 24.4 Å². The van der Waals surface area contributed by atoms with Gasteiger partial charge in [-0.25, -0.2) is 0 Å². The first-order chi connectivity index (χ1) is 20.7. The number of amides is 3. The summed E-state index contributed by atoms with van der Waals surface area (Å²) in [6.45, 7) is 4.78. The minimum absolute atomic E-state index is 0.124. The van der Waals surface area contributed by atoms with E-state index in [2.05, 4.69) is 16.0 Å². The molecule has 0 saturated heterocycles. The van der Waals surface area contributed by atoms with Gasteiger partial charge in [0.2, 0.25) is 17.7 Å². The van der Waals surface area contributed by atoms with Crippen LogP contribution in [0.4, 0.5) is 0 Å². The number of carbonyl (C=O) groups is 3. The highest BCUT2D eigenvalue weighted by Gasteiger charge is 2.38. The zero-order valence-corrected chi connectivity index (χ0v) is 25.8. The lowest BCUT2D eigenvalue weighted by Crippen LogP contribution is -2.61. The van der Waals surface area contributed by atoms with Crippen LogP contribution in [0.25, 0.3) is 0 Å². The molecule has 2 aromatic carbocycles. The van der Waals surface area contributed by atoms with E-state index in [1.54, 1.807) is 7.05 Å². The maximum Gasteiger partial charge on any atom is 0.246 e. The lowest BCUT2D eigenvalue weighted by atomic mass is 9.83. The molecular formula is C34H48N4O5. The number of carbonyl (C=O) groups excluding carboxylic acids is 3. The van der Waals surface area contributed by atoms with E-state index in [1.807, 2.05) is 55.5 Å². The Morgan fingerprint density at radius 3 is 2.40 bits per heavy atom. The van der Waals surface area contributed by atoms with Crippen molar-refractivity contribution < 1.29 is 24.2 Å².